The molecule has 0 amide bonds. The molecule has 0 unspecified atom stereocenters. The molecule has 1 heterocycles. The van der Waals surface area contributed by atoms with Gasteiger partial charge in [0.25, 0.3) is 0 Å². The van der Waals surface area contributed by atoms with Gasteiger partial charge in [-0.15, -0.1) is 0 Å². The lowest BCUT2D eigenvalue weighted by Gasteiger charge is -2.09. The van der Waals surface area contributed by atoms with Crippen LogP contribution in [0, 0.1) is 6.92 Å². The van der Waals surface area contributed by atoms with Crippen LogP contribution in [-0.2, 0) is 6.42 Å². The topological polar surface area (TPSA) is 55.1 Å². The molecule has 1 N–H and O–H groups in total. The summed E-state index contributed by atoms with van der Waals surface area (Å²) in [6.45, 7) is 4.11. The monoisotopic (exact) mass is 306 g/mol. The van der Waals surface area contributed by atoms with Crippen LogP contribution in [-0.4, -0.2) is 20.6 Å². The first-order valence-electron chi connectivity index (χ1n) is 7.57. The van der Waals surface area contributed by atoms with Gasteiger partial charge in [-0.05, 0) is 37.1 Å². The number of rotatable bonds is 4. The zero-order valence-corrected chi connectivity index (χ0v) is 13.2. The van der Waals surface area contributed by atoms with Crippen molar-refractivity contribution in [1.29, 1.82) is 0 Å². The lowest BCUT2D eigenvalue weighted by atomic mass is 10.1. The van der Waals surface area contributed by atoms with Crippen LogP contribution in [0.1, 0.15) is 28.5 Å². The first-order valence-corrected chi connectivity index (χ1v) is 7.57. The molecule has 23 heavy (non-hydrogen) atoms. The summed E-state index contributed by atoms with van der Waals surface area (Å²) in [5.74, 6) is -0.391. The van der Waals surface area contributed by atoms with E-state index < -0.39 is 5.97 Å². The molecule has 116 valence electrons. The van der Waals surface area contributed by atoms with E-state index in [0.717, 1.165) is 23.2 Å². The fourth-order valence-corrected chi connectivity index (χ4v) is 2.56. The molecule has 0 saturated heterocycles. The van der Waals surface area contributed by atoms with Gasteiger partial charge in [-0.3, -0.25) is 4.57 Å². The highest BCUT2D eigenvalue weighted by atomic mass is 16.4. The van der Waals surface area contributed by atoms with Gasteiger partial charge in [-0.1, -0.05) is 42.8 Å². The third-order valence-corrected chi connectivity index (χ3v) is 3.82. The predicted octanol–water partition coefficient (Wildman–Crippen LogP) is 4.11. The van der Waals surface area contributed by atoms with Gasteiger partial charge in [0.15, 0.2) is 5.69 Å². The van der Waals surface area contributed by atoms with Crippen LogP contribution in [0.4, 0.5) is 0 Å². The van der Waals surface area contributed by atoms with Gasteiger partial charge in [0.05, 0.1) is 0 Å². The molecule has 0 atom stereocenters. The SMILES string of the molecule is CCc1ccc(-n2cc(C(=O)O)nc2-c2cccc(C)c2)cc1. The highest BCUT2D eigenvalue weighted by Crippen LogP contribution is 2.24. The highest BCUT2D eigenvalue weighted by molar-refractivity contribution is 5.86. The lowest BCUT2D eigenvalue weighted by molar-refractivity contribution is 0.0691. The number of aromatic carboxylic acids is 1. The summed E-state index contributed by atoms with van der Waals surface area (Å²) in [5.41, 5.74) is 4.19. The Labute approximate surface area is 135 Å². The Balaban J connectivity index is 2.16. The molecule has 0 bridgehead atoms. The highest BCUT2D eigenvalue weighted by Gasteiger charge is 2.16. The van der Waals surface area contributed by atoms with E-state index in [4.69, 9.17) is 0 Å². The maximum Gasteiger partial charge on any atom is 0.356 e. The smallest absolute Gasteiger partial charge is 0.356 e. The molecule has 3 aromatic rings. The maximum absolute atomic E-state index is 11.3. The fourth-order valence-electron chi connectivity index (χ4n) is 2.56. The van der Waals surface area contributed by atoms with E-state index in [0.29, 0.717) is 5.82 Å². The minimum Gasteiger partial charge on any atom is -0.476 e. The summed E-state index contributed by atoms with van der Waals surface area (Å²) in [7, 11) is 0. The van der Waals surface area contributed by atoms with Crippen molar-refractivity contribution in [2.24, 2.45) is 0 Å². The number of imidazole rings is 1. The summed E-state index contributed by atoms with van der Waals surface area (Å²) in [5, 5.41) is 9.28. The van der Waals surface area contributed by atoms with E-state index in [1.54, 1.807) is 6.20 Å². The van der Waals surface area contributed by atoms with Crippen molar-refractivity contribution in [1.82, 2.24) is 9.55 Å². The first-order chi connectivity index (χ1) is 11.1. The van der Waals surface area contributed by atoms with Gasteiger partial charge in [0.1, 0.15) is 5.82 Å². The number of carboxylic acid groups (broad SMARTS) is 1. The van der Waals surface area contributed by atoms with Crippen molar-refractivity contribution in [3.05, 3.63) is 71.5 Å². The molecule has 0 aliphatic heterocycles. The van der Waals surface area contributed by atoms with Gasteiger partial charge in [0, 0.05) is 17.4 Å². The molecule has 0 spiro atoms. The first kappa shape index (κ1) is 15.0. The lowest BCUT2D eigenvalue weighted by Crippen LogP contribution is -1.96. The van der Waals surface area contributed by atoms with Crippen LogP contribution in [0.2, 0.25) is 0 Å². The van der Waals surface area contributed by atoms with E-state index in [-0.39, 0.29) is 5.69 Å². The third-order valence-electron chi connectivity index (χ3n) is 3.82. The molecule has 1 aromatic heterocycles. The van der Waals surface area contributed by atoms with Gasteiger partial charge in [0.2, 0.25) is 0 Å². The second-order valence-electron chi connectivity index (χ2n) is 5.51. The summed E-state index contributed by atoms with van der Waals surface area (Å²) in [4.78, 5) is 15.6. The molecular formula is C19H18N2O2. The molecule has 4 heteroatoms. The molecule has 0 fully saturated rings. The van der Waals surface area contributed by atoms with Crippen LogP contribution in [0.25, 0.3) is 17.1 Å². The van der Waals surface area contributed by atoms with Crippen molar-refractivity contribution >= 4 is 5.97 Å². The molecular weight excluding hydrogens is 288 g/mol. The maximum atomic E-state index is 11.3. The molecule has 0 saturated carbocycles. The number of carboxylic acids is 1. The zero-order valence-electron chi connectivity index (χ0n) is 13.2. The minimum absolute atomic E-state index is 0.0427. The zero-order chi connectivity index (χ0) is 16.4. The largest absolute Gasteiger partial charge is 0.476 e. The van der Waals surface area contributed by atoms with Crippen molar-refractivity contribution < 1.29 is 9.90 Å². The van der Waals surface area contributed by atoms with E-state index >= 15 is 0 Å². The van der Waals surface area contributed by atoms with E-state index in [9.17, 15) is 9.90 Å². The van der Waals surface area contributed by atoms with Crippen LogP contribution in [0.3, 0.4) is 0 Å². The summed E-state index contributed by atoms with van der Waals surface area (Å²) >= 11 is 0. The fraction of sp³-hybridized carbons (Fsp3) is 0.158. The average molecular weight is 306 g/mol. The number of aromatic nitrogens is 2. The Kier molecular flexibility index (Phi) is 3.98. The van der Waals surface area contributed by atoms with E-state index in [1.807, 2.05) is 47.9 Å². The Hall–Kier alpha value is -2.88. The van der Waals surface area contributed by atoms with Gasteiger partial charge < -0.3 is 5.11 Å². The Morgan fingerprint density at radius 3 is 2.52 bits per heavy atom. The summed E-state index contributed by atoms with van der Waals surface area (Å²) in [6.07, 6.45) is 2.54. The van der Waals surface area contributed by atoms with Crippen molar-refractivity contribution in [3.8, 4) is 17.1 Å². The molecule has 2 aromatic carbocycles. The van der Waals surface area contributed by atoms with Crippen LogP contribution < -0.4 is 0 Å². The Morgan fingerprint density at radius 2 is 1.91 bits per heavy atom. The van der Waals surface area contributed by atoms with E-state index in [1.165, 1.54) is 5.56 Å². The van der Waals surface area contributed by atoms with Crippen LogP contribution >= 0.6 is 0 Å². The van der Waals surface area contributed by atoms with Crippen molar-refractivity contribution in [2.45, 2.75) is 20.3 Å². The number of nitrogens with zero attached hydrogens (tertiary/aromatic N) is 2. The Bertz CT molecular complexity index is 848. The van der Waals surface area contributed by atoms with Crippen molar-refractivity contribution in [3.63, 3.8) is 0 Å². The minimum atomic E-state index is -1.03. The average Bonchev–Trinajstić information content (AvgIpc) is 3.00. The van der Waals surface area contributed by atoms with Gasteiger partial charge >= 0.3 is 5.97 Å². The molecule has 0 aliphatic carbocycles. The number of hydrogen-bond donors (Lipinski definition) is 1. The second kappa shape index (κ2) is 6.08. The standard InChI is InChI=1S/C19H18N2O2/c1-3-14-7-9-16(10-8-14)21-12-17(19(22)23)20-18(21)15-6-4-5-13(2)11-15/h4-12H,3H2,1-2H3,(H,22,23). The summed E-state index contributed by atoms with van der Waals surface area (Å²) < 4.78 is 1.83. The Morgan fingerprint density at radius 1 is 1.17 bits per heavy atom. The van der Waals surface area contributed by atoms with Crippen LogP contribution in [0.5, 0.6) is 0 Å². The third kappa shape index (κ3) is 3.01. The second-order valence-corrected chi connectivity index (χ2v) is 5.51. The van der Waals surface area contributed by atoms with Crippen LogP contribution in [0.15, 0.2) is 54.7 Å². The molecule has 0 radical (unpaired) electrons. The number of carbonyl (C=O) groups is 1. The molecule has 4 nitrogen and oxygen atoms in total. The quantitative estimate of drug-likeness (QED) is 0.789. The van der Waals surface area contributed by atoms with Crippen molar-refractivity contribution in [2.75, 3.05) is 0 Å². The predicted molar refractivity (Wildman–Crippen MR) is 90.1 cm³/mol. The van der Waals surface area contributed by atoms with Gasteiger partial charge in [-0.25, -0.2) is 9.78 Å². The van der Waals surface area contributed by atoms with Gasteiger partial charge in [-0.2, -0.15) is 0 Å². The van der Waals surface area contributed by atoms with E-state index in [2.05, 4.69) is 24.0 Å². The number of benzene rings is 2. The normalized spacial score (nSPS) is 10.7. The number of aryl methyl sites for hydroxylation is 2. The molecule has 3 rings (SSSR count). The number of hydrogen-bond acceptors (Lipinski definition) is 2. The summed E-state index contributed by atoms with van der Waals surface area (Å²) in [6, 6.07) is 16.0. The molecule has 0 aliphatic rings.